The van der Waals surface area contributed by atoms with Crippen molar-refractivity contribution in [2.75, 3.05) is 25.0 Å². The normalized spacial score (nSPS) is 20.2. The molecule has 0 radical (unpaired) electrons. The molecule has 1 amide bonds. The fourth-order valence-corrected chi connectivity index (χ4v) is 5.44. The number of nitrogens with one attached hydrogen (secondary N) is 1. The summed E-state index contributed by atoms with van der Waals surface area (Å²) in [5.41, 5.74) is 1.01. The third-order valence-electron chi connectivity index (χ3n) is 4.99. The van der Waals surface area contributed by atoms with Gasteiger partial charge >= 0.3 is 0 Å². The molecule has 2 atom stereocenters. The van der Waals surface area contributed by atoms with Crippen LogP contribution in [0, 0.1) is 11.8 Å². The minimum Gasteiger partial charge on any atom is -0.494 e. The van der Waals surface area contributed by atoms with Gasteiger partial charge in [-0.15, -0.1) is 0 Å². The predicted molar refractivity (Wildman–Crippen MR) is 114 cm³/mol. The van der Waals surface area contributed by atoms with Crippen molar-refractivity contribution in [2.24, 2.45) is 11.8 Å². The summed E-state index contributed by atoms with van der Waals surface area (Å²) >= 11 is 0. The summed E-state index contributed by atoms with van der Waals surface area (Å²) in [5, 5.41) is 2.81. The molecule has 0 unspecified atom stereocenters. The van der Waals surface area contributed by atoms with Crippen LogP contribution in [0.25, 0.3) is 0 Å². The van der Waals surface area contributed by atoms with Crippen molar-refractivity contribution in [2.45, 2.75) is 32.1 Å². The number of rotatable bonds is 6. The third kappa shape index (κ3) is 5.16. The highest BCUT2D eigenvalue weighted by Crippen LogP contribution is 2.27. The molecule has 6 nitrogen and oxygen atoms in total. The fraction of sp³-hybridized carbons (Fsp3) is 0.409. The maximum atomic E-state index is 13.0. The number of hydrogen-bond donors (Lipinski definition) is 1. The largest absolute Gasteiger partial charge is 0.494 e. The van der Waals surface area contributed by atoms with Crippen LogP contribution in [0.15, 0.2) is 53.4 Å². The third-order valence-corrected chi connectivity index (χ3v) is 6.84. The maximum Gasteiger partial charge on any atom is 0.255 e. The smallest absolute Gasteiger partial charge is 0.255 e. The molecule has 1 fully saturated rings. The highest BCUT2D eigenvalue weighted by molar-refractivity contribution is 7.89. The van der Waals surface area contributed by atoms with E-state index in [-0.39, 0.29) is 10.8 Å². The zero-order valence-electron chi connectivity index (χ0n) is 17.1. The lowest BCUT2D eigenvalue weighted by Gasteiger charge is -2.34. The topological polar surface area (TPSA) is 75.7 Å². The highest BCUT2D eigenvalue weighted by Gasteiger charge is 2.31. The number of piperidine rings is 1. The summed E-state index contributed by atoms with van der Waals surface area (Å²) in [6.45, 7) is 7.66. The molecule has 156 valence electrons. The molecular formula is C22H28N2O4S. The van der Waals surface area contributed by atoms with Gasteiger partial charge in [-0.05, 0) is 61.6 Å². The van der Waals surface area contributed by atoms with Crippen LogP contribution in [-0.4, -0.2) is 38.3 Å². The monoisotopic (exact) mass is 416 g/mol. The van der Waals surface area contributed by atoms with E-state index in [1.165, 1.54) is 12.1 Å². The lowest BCUT2D eigenvalue weighted by Crippen LogP contribution is -2.42. The van der Waals surface area contributed by atoms with E-state index in [2.05, 4.69) is 19.2 Å². The molecule has 1 N–H and O–H groups in total. The summed E-state index contributed by atoms with van der Waals surface area (Å²) in [6, 6.07) is 13.3. The van der Waals surface area contributed by atoms with Gasteiger partial charge in [0.2, 0.25) is 10.0 Å². The molecule has 1 aliphatic heterocycles. The Morgan fingerprint density at radius 2 is 1.76 bits per heavy atom. The first-order valence-corrected chi connectivity index (χ1v) is 11.4. The summed E-state index contributed by atoms with van der Waals surface area (Å²) in [7, 11) is -3.56. The Morgan fingerprint density at radius 3 is 2.38 bits per heavy atom. The molecule has 0 spiro atoms. The second kappa shape index (κ2) is 8.97. The molecule has 0 aliphatic carbocycles. The minimum atomic E-state index is -3.56. The van der Waals surface area contributed by atoms with Crippen molar-refractivity contribution < 1.29 is 17.9 Å². The zero-order valence-corrected chi connectivity index (χ0v) is 17.9. The number of benzene rings is 2. The minimum absolute atomic E-state index is 0.216. The summed E-state index contributed by atoms with van der Waals surface area (Å²) < 4.78 is 32.9. The number of anilines is 1. The fourth-order valence-electron chi connectivity index (χ4n) is 3.76. The quantitative estimate of drug-likeness (QED) is 0.772. The van der Waals surface area contributed by atoms with Crippen molar-refractivity contribution >= 4 is 21.6 Å². The van der Waals surface area contributed by atoms with Crippen molar-refractivity contribution in [3.05, 3.63) is 54.1 Å². The van der Waals surface area contributed by atoms with E-state index < -0.39 is 10.0 Å². The standard InChI is InChI=1S/C22H28N2O4S/c1-4-28-20-7-5-6-19(13-20)23-22(25)18-8-10-21(11-9-18)29(26,27)24-14-16(2)12-17(3)15-24/h5-11,13,16-17H,4,12,14-15H2,1-3H3,(H,23,25)/t16-,17+. The lowest BCUT2D eigenvalue weighted by atomic mass is 9.94. The molecule has 0 bridgehead atoms. The van der Waals surface area contributed by atoms with Crippen LogP contribution in [-0.2, 0) is 10.0 Å². The predicted octanol–water partition coefficient (Wildman–Crippen LogP) is 4.00. The Morgan fingerprint density at radius 1 is 1.10 bits per heavy atom. The molecule has 1 aliphatic rings. The average molecular weight is 417 g/mol. The lowest BCUT2D eigenvalue weighted by molar-refractivity contribution is 0.102. The summed E-state index contributed by atoms with van der Waals surface area (Å²) in [4.78, 5) is 12.7. The number of carbonyl (C=O) groups excluding carboxylic acids is 1. The van der Waals surface area contributed by atoms with E-state index in [4.69, 9.17) is 4.74 Å². The van der Waals surface area contributed by atoms with Crippen LogP contribution in [0.4, 0.5) is 5.69 Å². The van der Waals surface area contributed by atoms with Crippen molar-refractivity contribution in [3.8, 4) is 5.75 Å². The van der Waals surface area contributed by atoms with E-state index in [1.807, 2.05) is 13.0 Å². The van der Waals surface area contributed by atoms with Gasteiger partial charge in [-0.3, -0.25) is 4.79 Å². The number of carbonyl (C=O) groups is 1. The molecule has 1 saturated heterocycles. The highest BCUT2D eigenvalue weighted by atomic mass is 32.2. The Bertz CT molecular complexity index is 947. The first kappa shape index (κ1) is 21.3. The first-order chi connectivity index (χ1) is 13.8. The molecule has 3 rings (SSSR count). The van der Waals surface area contributed by atoms with Gasteiger partial charge in [-0.2, -0.15) is 4.31 Å². The van der Waals surface area contributed by atoms with Crippen LogP contribution in [0.2, 0.25) is 0 Å². The van der Waals surface area contributed by atoms with Gasteiger partial charge in [0.05, 0.1) is 11.5 Å². The van der Waals surface area contributed by atoms with Crippen molar-refractivity contribution in [1.82, 2.24) is 4.31 Å². The molecule has 1 heterocycles. The van der Waals surface area contributed by atoms with Gasteiger partial charge in [0.1, 0.15) is 5.75 Å². The Balaban J connectivity index is 1.72. The number of hydrogen-bond acceptors (Lipinski definition) is 4. The van der Waals surface area contributed by atoms with Crippen LogP contribution in [0.5, 0.6) is 5.75 Å². The van der Waals surface area contributed by atoms with Crippen LogP contribution in [0.3, 0.4) is 0 Å². The van der Waals surface area contributed by atoms with Gasteiger partial charge in [-0.1, -0.05) is 19.9 Å². The Hall–Kier alpha value is -2.38. The number of nitrogens with zero attached hydrogens (tertiary/aromatic N) is 1. The van der Waals surface area contributed by atoms with Gasteiger partial charge in [0.25, 0.3) is 5.91 Å². The molecule has 7 heteroatoms. The summed E-state index contributed by atoms with van der Waals surface area (Å²) in [6.07, 6.45) is 1.04. The molecule has 2 aromatic carbocycles. The maximum absolute atomic E-state index is 13.0. The Kier molecular flexibility index (Phi) is 6.59. The number of amides is 1. The van der Waals surface area contributed by atoms with Crippen LogP contribution >= 0.6 is 0 Å². The Labute approximate surface area is 172 Å². The second-order valence-electron chi connectivity index (χ2n) is 7.71. The van der Waals surface area contributed by atoms with Crippen molar-refractivity contribution in [3.63, 3.8) is 0 Å². The molecule has 0 saturated carbocycles. The SMILES string of the molecule is CCOc1cccc(NC(=O)c2ccc(S(=O)(=O)N3C[C@H](C)C[C@H](C)C3)cc2)c1. The molecule has 0 aromatic heterocycles. The second-order valence-corrected chi connectivity index (χ2v) is 9.65. The zero-order chi connectivity index (χ0) is 21.0. The van der Waals surface area contributed by atoms with Gasteiger partial charge < -0.3 is 10.1 Å². The van der Waals surface area contributed by atoms with E-state index in [0.29, 0.717) is 48.5 Å². The first-order valence-electron chi connectivity index (χ1n) is 9.94. The molecular weight excluding hydrogens is 388 g/mol. The van der Waals surface area contributed by atoms with E-state index >= 15 is 0 Å². The molecule has 29 heavy (non-hydrogen) atoms. The van der Waals surface area contributed by atoms with E-state index in [1.54, 1.807) is 34.6 Å². The number of sulfonamides is 1. The van der Waals surface area contributed by atoms with Gasteiger partial charge in [0.15, 0.2) is 0 Å². The van der Waals surface area contributed by atoms with Crippen LogP contribution in [0.1, 0.15) is 37.6 Å². The van der Waals surface area contributed by atoms with Gasteiger partial charge in [0, 0.05) is 30.4 Å². The summed E-state index contributed by atoms with van der Waals surface area (Å²) in [5.74, 6) is 1.05. The number of ether oxygens (including phenoxy) is 1. The molecule has 2 aromatic rings. The van der Waals surface area contributed by atoms with Crippen LogP contribution < -0.4 is 10.1 Å². The average Bonchev–Trinajstić information content (AvgIpc) is 2.68. The van der Waals surface area contributed by atoms with Crippen molar-refractivity contribution in [1.29, 1.82) is 0 Å². The van der Waals surface area contributed by atoms with E-state index in [0.717, 1.165) is 6.42 Å². The van der Waals surface area contributed by atoms with E-state index in [9.17, 15) is 13.2 Å². The van der Waals surface area contributed by atoms with Gasteiger partial charge in [-0.25, -0.2) is 8.42 Å².